The van der Waals surface area contributed by atoms with Crippen molar-refractivity contribution in [3.63, 3.8) is 0 Å². The van der Waals surface area contributed by atoms with Crippen molar-refractivity contribution < 1.29 is 28.4 Å². The van der Waals surface area contributed by atoms with Gasteiger partial charge in [-0.25, -0.2) is 0 Å². The molecule has 0 bridgehead atoms. The van der Waals surface area contributed by atoms with Gasteiger partial charge in [0.25, 0.3) is 0 Å². The van der Waals surface area contributed by atoms with Crippen LogP contribution in [0.1, 0.15) is 12.5 Å². The average molecular weight is 340 g/mol. The van der Waals surface area contributed by atoms with E-state index < -0.39 is 0 Å². The highest BCUT2D eigenvalue weighted by molar-refractivity contribution is 5.43. The summed E-state index contributed by atoms with van der Waals surface area (Å²) in [5.74, 6) is 1.48. The maximum Gasteiger partial charge on any atom is 0.161 e. The van der Waals surface area contributed by atoms with E-state index in [9.17, 15) is 0 Å². The summed E-state index contributed by atoms with van der Waals surface area (Å²) in [6.07, 6.45) is 0.952. The Kier molecular flexibility index (Phi) is 9.56. The smallest absolute Gasteiger partial charge is 0.161 e. The van der Waals surface area contributed by atoms with Crippen LogP contribution in [0.3, 0.4) is 0 Å². The molecule has 0 saturated heterocycles. The highest BCUT2D eigenvalue weighted by Gasteiger charge is 2.07. The molecule has 6 nitrogen and oxygen atoms in total. The van der Waals surface area contributed by atoms with E-state index >= 15 is 0 Å². The molecule has 0 spiro atoms. The number of benzene rings is 1. The highest BCUT2D eigenvalue weighted by Crippen LogP contribution is 2.28. The van der Waals surface area contributed by atoms with Crippen LogP contribution in [0.15, 0.2) is 18.2 Å². The summed E-state index contributed by atoms with van der Waals surface area (Å²) >= 11 is 0. The first-order valence-electron chi connectivity index (χ1n) is 8.59. The Morgan fingerprint density at radius 1 is 0.625 bits per heavy atom. The molecule has 1 aromatic rings. The highest BCUT2D eigenvalue weighted by atomic mass is 16.6. The van der Waals surface area contributed by atoms with E-state index in [4.69, 9.17) is 28.4 Å². The second-order valence-corrected chi connectivity index (χ2v) is 5.28. The normalized spacial score (nSPS) is 19.2. The van der Waals surface area contributed by atoms with Crippen molar-refractivity contribution in [3.05, 3.63) is 23.8 Å². The summed E-state index contributed by atoms with van der Waals surface area (Å²) in [6, 6.07) is 6.02. The molecule has 1 aliphatic rings. The van der Waals surface area contributed by atoms with Crippen molar-refractivity contribution in [1.82, 2.24) is 0 Å². The third-order valence-corrected chi connectivity index (χ3v) is 3.50. The van der Waals surface area contributed by atoms with E-state index in [0.717, 1.165) is 17.9 Å². The zero-order valence-corrected chi connectivity index (χ0v) is 14.5. The number of rotatable bonds is 1. The van der Waals surface area contributed by atoms with Gasteiger partial charge in [-0.1, -0.05) is 13.0 Å². The van der Waals surface area contributed by atoms with Gasteiger partial charge in [-0.05, 0) is 24.1 Å². The summed E-state index contributed by atoms with van der Waals surface area (Å²) in [6.45, 7) is 7.42. The number of hydrogen-bond donors (Lipinski definition) is 0. The first kappa shape index (κ1) is 19.0. The topological polar surface area (TPSA) is 55.4 Å². The number of ether oxygens (including phenoxy) is 6. The van der Waals surface area contributed by atoms with Crippen LogP contribution in [0.5, 0.6) is 11.5 Å². The van der Waals surface area contributed by atoms with E-state index in [1.165, 1.54) is 5.56 Å². The first-order chi connectivity index (χ1) is 11.9. The van der Waals surface area contributed by atoms with Gasteiger partial charge in [-0.2, -0.15) is 0 Å². The predicted molar refractivity (Wildman–Crippen MR) is 90.1 cm³/mol. The third-order valence-electron chi connectivity index (χ3n) is 3.50. The zero-order chi connectivity index (χ0) is 16.9. The molecule has 0 amide bonds. The van der Waals surface area contributed by atoms with Gasteiger partial charge in [-0.3, -0.25) is 0 Å². The van der Waals surface area contributed by atoms with E-state index in [1.54, 1.807) is 0 Å². The maximum atomic E-state index is 5.82. The van der Waals surface area contributed by atoms with Crippen LogP contribution >= 0.6 is 0 Å². The van der Waals surface area contributed by atoms with Crippen LogP contribution in [0.2, 0.25) is 0 Å². The maximum absolute atomic E-state index is 5.82. The van der Waals surface area contributed by atoms with Crippen molar-refractivity contribution in [2.75, 3.05) is 66.1 Å². The molecule has 1 aromatic carbocycles. The molecule has 0 N–H and O–H groups in total. The lowest BCUT2D eigenvalue weighted by Gasteiger charge is -2.15. The number of fused-ring (bicyclic) bond motifs is 1. The third kappa shape index (κ3) is 7.49. The summed E-state index contributed by atoms with van der Waals surface area (Å²) < 4.78 is 33.4. The molecule has 1 heterocycles. The van der Waals surface area contributed by atoms with Crippen molar-refractivity contribution in [2.45, 2.75) is 13.3 Å². The Morgan fingerprint density at radius 3 is 1.58 bits per heavy atom. The van der Waals surface area contributed by atoms with E-state index in [2.05, 4.69) is 13.0 Å². The zero-order valence-electron chi connectivity index (χ0n) is 14.5. The molecule has 2 rings (SSSR count). The van der Waals surface area contributed by atoms with Gasteiger partial charge in [0.05, 0.1) is 52.9 Å². The summed E-state index contributed by atoms with van der Waals surface area (Å²) in [5.41, 5.74) is 1.21. The van der Waals surface area contributed by atoms with Gasteiger partial charge < -0.3 is 28.4 Å². The lowest BCUT2D eigenvalue weighted by atomic mass is 10.1. The summed E-state index contributed by atoms with van der Waals surface area (Å²) in [5, 5.41) is 0. The Morgan fingerprint density at radius 2 is 1.08 bits per heavy atom. The molecule has 0 atom stereocenters. The first-order valence-corrected chi connectivity index (χ1v) is 8.59. The van der Waals surface area contributed by atoms with Gasteiger partial charge in [-0.15, -0.1) is 0 Å². The van der Waals surface area contributed by atoms with Crippen molar-refractivity contribution in [1.29, 1.82) is 0 Å². The Labute approximate surface area is 143 Å². The molecular formula is C18H28O6. The van der Waals surface area contributed by atoms with Gasteiger partial charge in [0.1, 0.15) is 13.2 Å². The van der Waals surface area contributed by atoms with Gasteiger partial charge in [0.2, 0.25) is 0 Å². The molecule has 24 heavy (non-hydrogen) atoms. The van der Waals surface area contributed by atoms with Crippen molar-refractivity contribution in [2.24, 2.45) is 0 Å². The van der Waals surface area contributed by atoms with Crippen molar-refractivity contribution >= 4 is 0 Å². The minimum Gasteiger partial charge on any atom is -0.487 e. The minimum atomic E-state index is 0.474. The van der Waals surface area contributed by atoms with Gasteiger partial charge >= 0.3 is 0 Å². The van der Waals surface area contributed by atoms with E-state index in [0.29, 0.717) is 66.1 Å². The second kappa shape index (κ2) is 12.1. The fourth-order valence-corrected chi connectivity index (χ4v) is 2.19. The Bertz CT molecular complexity index is 451. The average Bonchev–Trinajstić information content (AvgIpc) is 2.61. The van der Waals surface area contributed by atoms with E-state index in [1.807, 2.05) is 12.1 Å². The van der Waals surface area contributed by atoms with Crippen LogP contribution < -0.4 is 9.47 Å². The minimum absolute atomic E-state index is 0.474. The van der Waals surface area contributed by atoms with Gasteiger partial charge in [0.15, 0.2) is 11.5 Å². The molecule has 1 aliphatic heterocycles. The van der Waals surface area contributed by atoms with Crippen LogP contribution in [0.25, 0.3) is 0 Å². The monoisotopic (exact) mass is 340 g/mol. The summed E-state index contributed by atoms with van der Waals surface area (Å²) in [7, 11) is 0. The van der Waals surface area contributed by atoms with Crippen molar-refractivity contribution in [3.8, 4) is 11.5 Å². The lowest BCUT2D eigenvalue weighted by Crippen LogP contribution is -2.16. The molecule has 0 fully saturated rings. The van der Waals surface area contributed by atoms with Crippen LogP contribution in [0, 0.1) is 0 Å². The number of aryl methyl sites for hydroxylation is 1. The molecule has 0 saturated carbocycles. The molecule has 136 valence electrons. The fraction of sp³-hybridized carbons (Fsp3) is 0.667. The van der Waals surface area contributed by atoms with E-state index in [-0.39, 0.29) is 0 Å². The molecule has 6 heteroatoms. The summed E-state index contributed by atoms with van der Waals surface area (Å²) in [4.78, 5) is 0. The van der Waals surface area contributed by atoms with Crippen LogP contribution in [-0.2, 0) is 25.4 Å². The van der Waals surface area contributed by atoms with Gasteiger partial charge in [0, 0.05) is 0 Å². The number of hydrogen-bond acceptors (Lipinski definition) is 6. The molecule has 0 aromatic heterocycles. The lowest BCUT2D eigenvalue weighted by molar-refractivity contribution is -0.00842. The SMILES string of the molecule is CCc1ccc2c(c1)OCCOCCOCCOCCOCCO2. The van der Waals surface area contributed by atoms with Crippen LogP contribution in [0.4, 0.5) is 0 Å². The molecule has 0 radical (unpaired) electrons. The second-order valence-electron chi connectivity index (χ2n) is 5.28. The Hall–Kier alpha value is -1.34. The molecule has 0 aliphatic carbocycles. The largest absolute Gasteiger partial charge is 0.487 e. The quantitative estimate of drug-likeness (QED) is 0.780. The molecule has 0 unspecified atom stereocenters. The van der Waals surface area contributed by atoms with Crippen LogP contribution in [-0.4, -0.2) is 66.1 Å². The standard InChI is InChI=1S/C18H28O6/c1-2-16-3-4-17-18(15-16)24-14-12-22-10-8-20-6-5-19-7-9-21-11-13-23-17/h3-4,15H,2,5-14H2,1H3. The fourth-order valence-electron chi connectivity index (χ4n) is 2.19. The molecular weight excluding hydrogens is 312 g/mol. The predicted octanol–water partition coefficient (Wildman–Crippen LogP) is 2.09. The Balaban J connectivity index is 1.88.